The first-order valence-corrected chi connectivity index (χ1v) is 11.1. The smallest absolute Gasteiger partial charge is 0.326 e. The summed E-state index contributed by atoms with van der Waals surface area (Å²) in [5.74, 6) is -1.84. The molecule has 10 nitrogen and oxygen atoms in total. The number of hydrogen-bond acceptors (Lipinski definition) is 7. The predicted octanol–water partition coefficient (Wildman–Crippen LogP) is 3.95. The Morgan fingerprint density at radius 1 is 1.00 bits per heavy atom. The second kappa shape index (κ2) is 12.1. The summed E-state index contributed by atoms with van der Waals surface area (Å²) in [6.07, 6.45) is -1.41. The van der Waals surface area contributed by atoms with Gasteiger partial charge in [-0.25, -0.2) is 0 Å². The standard InChI is InChI=1S/C26H25N3O7/c1-3-35-22-12-8-7-11-19(22)25(31)27-16-23(30)36-24(18-9-5-4-6-10-18)26(32)28-20-14-13-17(2)15-21(20)29(33)34/h4-15,24H,3,16H2,1-2H3,(H,27,31)(H,28,32). The molecule has 0 bridgehead atoms. The number of nitro benzene ring substituents is 1. The minimum atomic E-state index is -1.41. The molecule has 10 heteroatoms. The second-order valence-electron chi connectivity index (χ2n) is 7.66. The number of amides is 2. The zero-order valence-corrected chi connectivity index (χ0v) is 19.7. The first-order chi connectivity index (χ1) is 17.3. The summed E-state index contributed by atoms with van der Waals surface area (Å²) in [5, 5.41) is 16.4. The van der Waals surface area contributed by atoms with E-state index in [1.54, 1.807) is 74.5 Å². The number of hydrogen-bond donors (Lipinski definition) is 2. The van der Waals surface area contributed by atoms with Crippen molar-refractivity contribution in [2.24, 2.45) is 0 Å². The number of anilines is 1. The van der Waals surface area contributed by atoms with Crippen LogP contribution in [-0.2, 0) is 14.3 Å². The number of rotatable bonds is 10. The van der Waals surface area contributed by atoms with Crippen molar-refractivity contribution >= 4 is 29.2 Å². The van der Waals surface area contributed by atoms with Gasteiger partial charge in [-0.15, -0.1) is 0 Å². The van der Waals surface area contributed by atoms with Crippen molar-refractivity contribution in [1.82, 2.24) is 5.32 Å². The molecule has 0 aliphatic carbocycles. The SMILES string of the molecule is CCOc1ccccc1C(=O)NCC(=O)OC(C(=O)Nc1ccc(C)cc1[N+](=O)[O-])c1ccccc1. The second-order valence-corrected chi connectivity index (χ2v) is 7.66. The van der Waals surface area contributed by atoms with Gasteiger partial charge in [0.05, 0.1) is 17.1 Å². The van der Waals surface area contributed by atoms with Crippen LogP contribution in [0.3, 0.4) is 0 Å². The predicted molar refractivity (Wildman–Crippen MR) is 132 cm³/mol. The summed E-state index contributed by atoms with van der Waals surface area (Å²) in [6, 6.07) is 19.1. The number of carbonyl (C=O) groups is 3. The maximum atomic E-state index is 13.1. The number of para-hydroxylation sites is 1. The monoisotopic (exact) mass is 491 g/mol. The van der Waals surface area contributed by atoms with Crippen LogP contribution < -0.4 is 15.4 Å². The largest absolute Gasteiger partial charge is 0.493 e. The molecule has 0 radical (unpaired) electrons. The lowest BCUT2D eigenvalue weighted by Crippen LogP contribution is -2.34. The highest BCUT2D eigenvalue weighted by Crippen LogP contribution is 2.28. The molecule has 0 fully saturated rings. The summed E-state index contributed by atoms with van der Waals surface area (Å²) in [4.78, 5) is 49.0. The summed E-state index contributed by atoms with van der Waals surface area (Å²) in [6.45, 7) is 3.32. The average Bonchev–Trinajstić information content (AvgIpc) is 2.87. The minimum absolute atomic E-state index is 0.0339. The highest BCUT2D eigenvalue weighted by Gasteiger charge is 2.27. The third-order valence-corrected chi connectivity index (χ3v) is 5.02. The van der Waals surface area contributed by atoms with E-state index in [0.29, 0.717) is 23.5 Å². The zero-order chi connectivity index (χ0) is 26.1. The Kier molecular flexibility index (Phi) is 8.71. The number of carbonyl (C=O) groups excluding carboxylic acids is 3. The van der Waals surface area contributed by atoms with Crippen LogP contribution in [0, 0.1) is 17.0 Å². The van der Waals surface area contributed by atoms with Gasteiger partial charge in [0.15, 0.2) is 0 Å². The van der Waals surface area contributed by atoms with Crippen LogP contribution in [-0.4, -0.2) is 35.9 Å². The first-order valence-electron chi connectivity index (χ1n) is 11.1. The lowest BCUT2D eigenvalue weighted by molar-refractivity contribution is -0.384. The van der Waals surface area contributed by atoms with Crippen LogP contribution in [0.25, 0.3) is 0 Å². The van der Waals surface area contributed by atoms with Crippen molar-refractivity contribution in [3.8, 4) is 5.75 Å². The van der Waals surface area contributed by atoms with Gasteiger partial charge in [0.25, 0.3) is 17.5 Å². The fraction of sp³-hybridized carbons (Fsp3) is 0.192. The molecule has 36 heavy (non-hydrogen) atoms. The number of ether oxygens (including phenoxy) is 2. The van der Waals surface area contributed by atoms with Gasteiger partial charge in [-0.3, -0.25) is 24.5 Å². The molecule has 0 saturated heterocycles. The van der Waals surface area contributed by atoms with Gasteiger partial charge in [0, 0.05) is 11.6 Å². The Morgan fingerprint density at radius 2 is 1.69 bits per heavy atom. The van der Waals surface area contributed by atoms with Gasteiger partial charge in [-0.05, 0) is 37.6 Å². The Morgan fingerprint density at radius 3 is 2.39 bits per heavy atom. The maximum Gasteiger partial charge on any atom is 0.326 e. The summed E-state index contributed by atoms with van der Waals surface area (Å²) < 4.78 is 10.8. The van der Waals surface area contributed by atoms with Crippen LogP contribution in [0.15, 0.2) is 72.8 Å². The van der Waals surface area contributed by atoms with Gasteiger partial charge in [-0.2, -0.15) is 0 Å². The van der Waals surface area contributed by atoms with Crippen molar-refractivity contribution in [3.63, 3.8) is 0 Å². The number of nitrogens with zero attached hydrogens (tertiary/aromatic N) is 1. The molecule has 0 aromatic heterocycles. The van der Waals surface area contributed by atoms with Gasteiger partial charge >= 0.3 is 5.97 Å². The lowest BCUT2D eigenvalue weighted by Gasteiger charge is -2.18. The number of nitrogens with one attached hydrogen (secondary N) is 2. The number of aryl methyl sites for hydroxylation is 1. The van der Waals surface area contributed by atoms with Gasteiger partial charge in [0.2, 0.25) is 6.10 Å². The molecule has 186 valence electrons. The number of benzene rings is 3. The van der Waals surface area contributed by atoms with E-state index < -0.39 is 35.4 Å². The average molecular weight is 492 g/mol. The molecule has 1 atom stereocenters. The van der Waals surface area contributed by atoms with Crippen molar-refractivity contribution in [2.75, 3.05) is 18.5 Å². The van der Waals surface area contributed by atoms with Crippen LogP contribution in [0.1, 0.15) is 34.5 Å². The molecular weight excluding hydrogens is 466 g/mol. The molecule has 2 N–H and O–H groups in total. The highest BCUT2D eigenvalue weighted by molar-refractivity contribution is 6.00. The van der Waals surface area contributed by atoms with Crippen LogP contribution in [0.2, 0.25) is 0 Å². The Labute approximate surface area is 207 Å². The van der Waals surface area contributed by atoms with E-state index in [9.17, 15) is 24.5 Å². The van der Waals surface area contributed by atoms with E-state index in [1.807, 2.05) is 0 Å². The molecule has 0 aliphatic heterocycles. The highest BCUT2D eigenvalue weighted by atomic mass is 16.6. The van der Waals surface area contributed by atoms with Crippen molar-refractivity contribution in [2.45, 2.75) is 20.0 Å². The molecule has 2 amide bonds. The molecule has 0 spiro atoms. The molecular formula is C26H25N3O7. The number of esters is 1. The molecule has 3 aromatic rings. The Balaban J connectivity index is 1.74. The minimum Gasteiger partial charge on any atom is -0.493 e. The van der Waals surface area contributed by atoms with E-state index in [-0.39, 0.29) is 16.9 Å². The van der Waals surface area contributed by atoms with E-state index in [4.69, 9.17) is 9.47 Å². The van der Waals surface area contributed by atoms with Crippen LogP contribution in [0.4, 0.5) is 11.4 Å². The normalized spacial score (nSPS) is 11.2. The Bertz CT molecular complexity index is 1260. The number of nitro groups is 1. The third kappa shape index (κ3) is 6.66. The quantitative estimate of drug-likeness (QED) is 0.249. The summed E-state index contributed by atoms with van der Waals surface area (Å²) >= 11 is 0. The van der Waals surface area contributed by atoms with E-state index >= 15 is 0 Å². The van der Waals surface area contributed by atoms with Gasteiger partial charge in [0.1, 0.15) is 18.0 Å². The fourth-order valence-corrected chi connectivity index (χ4v) is 3.35. The van der Waals surface area contributed by atoms with Gasteiger partial charge in [-0.1, -0.05) is 48.5 Å². The van der Waals surface area contributed by atoms with Crippen molar-refractivity contribution < 1.29 is 28.8 Å². The zero-order valence-electron chi connectivity index (χ0n) is 19.7. The fourth-order valence-electron chi connectivity index (χ4n) is 3.35. The van der Waals surface area contributed by atoms with Crippen LogP contribution in [0.5, 0.6) is 5.75 Å². The van der Waals surface area contributed by atoms with Gasteiger partial charge < -0.3 is 20.1 Å². The lowest BCUT2D eigenvalue weighted by atomic mass is 10.1. The molecule has 0 heterocycles. The molecule has 3 rings (SSSR count). The molecule has 3 aromatic carbocycles. The van der Waals surface area contributed by atoms with E-state index in [2.05, 4.69) is 10.6 Å². The summed E-state index contributed by atoms with van der Waals surface area (Å²) in [5.41, 5.74) is 0.921. The summed E-state index contributed by atoms with van der Waals surface area (Å²) in [7, 11) is 0. The van der Waals surface area contributed by atoms with E-state index in [0.717, 1.165) is 0 Å². The third-order valence-electron chi connectivity index (χ3n) is 5.02. The molecule has 0 saturated carbocycles. The van der Waals surface area contributed by atoms with Crippen molar-refractivity contribution in [3.05, 3.63) is 99.6 Å². The maximum absolute atomic E-state index is 13.1. The van der Waals surface area contributed by atoms with Crippen molar-refractivity contribution in [1.29, 1.82) is 0 Å². The Hall–Kier alpha value is -4.73. The molecule has 1 unspecified atom stereocenters. The topological polar surface area (TPSA) is 137 Å². The van der Waals surface area contributed by atoms with Crippen LogP contribution >= 0.6 is 0 Å². The molecule has 0 aliphatic rings. The van der Waals surface area contributed by atoms with E-state index in [1.165, 1.54) is 12.1 Å². The first kappa shape index (κ1) is 25.9.